The van der Waals surface area contributed by atoms with Gasteiger partial charge < -0.3 is 15.0 Å². The van der Waals surface area contributed by atoms with Crippen molar-refractivity contribution < 1.29 is 14.3 Å². The Balaban J connectivity index is 2.06. The summed E-state index contributed by atoms with van der Waals surface area (Å²) in [5, 5.41) is 2.86. The number of aromatic nitrogens is 1. The summed E-state index contributed by atoms with van der Waals surface area (Å²) in [5.41, 5.74) is 1.73. The van der Waals surface area contributed by atoms with Gasteiger partial charge in [-0.3, -0.25) is 14.6 Å². The van der Waals surface area contributed by atoms with Crippen LogP contribution >= 0.6 is 0 Å². The summed E-state index contributed by atoms with van der Waals surface area (Å²) in [6.45, 7) is 4.42. The molecule has 1 aromatic carbocycles. The second-order valence-corrected chi connectivity index (χ2v) is 6.33. The standard InChI is InChI=1S/C21H27N3O3/c1-4-7-20(25)24(15-17-9-11-19(27-3)12-10-17)16(2)21(26)23-14-18-8-5-6-13-22-18/h5-6,8-13,16H,4,7,14-15H2,1-3H3,(H,23,26)/t16-/m0/s1. The highest BCUT2D eigenvalue weighted by Gasteiger charge is 2.25. The lowest BCUT2D eigenvalue weighted by molar-refractivity contribution is -0.140. The SMILES string of the molecule is CCCC(=O)N(Cc1ccc(OC)cc1)[C@@H](C)C(=O)NCc1ccccn1. The van der Waals surface area contributed by atoms with E-state index in [0.717, 1.165) is 23.4 Å². The van der Waals surface area contributed by atoms with E-state index in [0.29, 0.717) is 19.5 Å². The Morgan fingerprint density at radius 1 is 1.19 bits per heavy atom. The molecule has 0 saturated carbocycles. The highest BCUT2D eigenvalue weighted by Crippen LogP contribution is 2.16. The van der Waals surface area contributed by atoms with Crippen LogP contribution in [0.1, 0.15) is 37.9 Å². The normalized spacial score (nSPS) is 11.5. The third-order valence-electron chi connectivity index (χ3n) is 4.31. The van der Waals surface area contributed by atoms with E-state index in [4.69, 9.17) is 4.74 Å². The third-order valence-corrected chi connectivity index (χ3v) is 4.31. The van der Waals surface area contributed by atoms with Crippen molar-refractivity contribution in [1.82, 2.24) is 15.2 Å². The van der Waals surface area contributed by atoms with Crippen LogP contribution in [0, 0.1) is 0 Å². The van der Waals surface area contributed by atoms with Crippen molar-refractivity contribution in [2.75, 3.05) is 7.11 Å². The minimum absolute atomic E-state index is 0.0335. The first kappa shape index (κ1) is 20.4. The van der Waals surface area contributed by atoms with Gasteiger partial charge in [-0.15, -0.1) is 0 Å². The number of rotatable bonds is 9. The molecule has 6 nitrogen and oxygen atoms in total. The lowest BCUT2D eigenvalue weighted by Gasteiger charge is -2.28. The van der Waals surface area contributed by atoms with E-state index in [2.05, 4.69) is 10.3 Å². The second kappa shape index (κ2) is 10.3. The number of hydrogen-bond donors (Lipinski definition) is 1. The first-order valence-corrected chi connectivity index (χ1v) is 9.15. The van der Waals surface area contributed by atoms with Crippen LogP contribution < -0.4 is 10.1 Å². The summed E-state index contributed by atoms with van der Waals surface area (Å²) in [6, 6.07) is 12.5. The molecule has 0 aliphatic rings. The molecule has 0 saturated heterocycles. The quantitative estimate of drug-likeness (QED) is 0.738. The molecule has 1 atom stereocenters. The average Bonchev–Trinajstić information content (AvgIpc) is 2.71. The van der Waals surface area contributed by atoms with Gasteiger partial charge in [-0.05, 0) is 43.2 Å². The van der Waals surface area contributed by atoms with Gasteiger partial charge in [-0.25, -0.2) is 0 Å². The Labute approximate surface area is 160 Å². The molecule has 144 valence electrons. The maximum absolute atomic E-state index is 12.6. The summed E-state index contributed by atoms with van der Waals surface area (Å²) < 4.78 is 5.17. The Kier molecular flexibility index (Phi) is 7.79. The van der Waals surface area contributed by atoms with Gasteiger partial charge in [-0.2, -0.15) is 0 Å². The molecule has 1 heterocycles. The molecule has 1 N–H and O–H groups in total. The Morgan fingerprint density at radius 3 is 2.52 bits per heavy atom. The third kappa shape index (κ3) is 6.09. The van der Waals surface area contributed by atoms with Gasteiger partial charge in [-0.1, -0.05) is 25.1 Å². The van der Waals surface area contributed by atoms with Crippen LogP contribution in [-0.4, -0.2) is 34.8 Å². The van der Waals surface area contributed by atoms with Crippen LogP contribution in [-0.2, 0) is 22.7 Å². The van der Waals surface area contributed by atoms with Gasteiger partial charge in [0.1, 0.15) is 11.8 Å². The van der Waals surface area contributed by atoms with Gasteiger partial charge in [0.05, 0.1) is 19.3 Å². The van der Waals surface area contributed by atoms with E-state index in [1.807, 2.05) is 49.4 Å². The number of nitrogens with one attached hydrogen (secondary N) is 1. The number of methoxy groups -OCH3 is 1. The molecule has 2 aromatic rings. The van der Waals surface area contributed by atoms with Crippen LogP contribution in [0.2, 0.25) is 0 Å². The van der Waals surface area contributed by atoms with Crippen LogP contribution in [0.25, 0.3) is 0 Å². The summed E-state index contributed by atoms with van der Waals surface area (Å²) >= 11 is 0. The summed E-state index contributed by atoms with van der Waals surface area (Å²) in [6.07, 6.45) is 2.83. The van der Waals surface area contributed by atoms with Crippen LogP contribution in [0.15, 0.2) is 48.7 Å². The maximum atomic E-state index is 12.6. The summed E-state index contributed by atoms with van der Waals surface area (Å²) in [5.74, 6) is 0.527. The summed E-state index contributed by atoms with van der Waals surface area (Å²) in [4.78, 5) is 31.0. The second-order valence-electron chi connectivity index (χ2n) is 6.33. The van der Waals surface area contributed by atoms with Crippen molar-refractivity contribution in [2.45, 2.75) is 45.8 Å². The van der Waals surface area contributed by atoms with Crippen molar-refractivity contribution in [3.63, 3.8) is 0 Å². The highest BCUT2D eigenvalue weighted by atomic mass is 16.5. The molecule has 0 unspecified atom stereocenters. The van der Waals surface area contributed by atoms with Crippen LogP contribution in [0.3, 0.4) is 0 Å². The summed E-state index contributed by atoms with van der Waals surface area (Å²) in [7, 11) is 1.61. The number of hydrogen-bond acceptors (Lipinski definition) is 4. The van der Waals surface area contributed by atoms with Crippen molar-refractivity contribution in [3.8, 4) is 5.75 Å². The average molecular weight is 369 g/mol. The number of amides is 2. The Hall–Kier alpha value is -2.89. The zero-order chi connectivity index (χ0) is 19.6. The van der Waals surface area contributed by atoms with E-state index < -0.39 is 6.04 Å². The smallest absolute Gasteiger partial charge is 0.242 e. The van der Waals surface area contributed by atoms with Crippen molar-refractivity contribution in [2.24, 2.45) is 0 Å². The molecular formula is C21H27N3O3. The first-order chi connectivity index (χ1) is 13.0. The molecule has 0 radical (unpaired) electrons. The van der Waals surface area contributed by atoms with Gasteiger partial charge in [0.2, 0.25) is 11.8 Å². The van der Waals surface area contributed by atoms with E-state index in [1.54, 1.807) is 25.1 Å². The molecule has 27 heavy (non-hydrogen) atoms. The number of nitrogens with zero attached hydrogens (tertiary/aromatic N) is 2. The minimum Gasteiger partial charge on any atom is -0.497 e. The molecule has 2 amide bonds. The zero-order valence-electron chi connectivity index (χ0n) is 16.1. The first-order valence-electron chi connectivity index (χ1n) is 9.15. The molecule has 6 heteroatoms. The van der Waals surface area contributed by atoms with Crippen LogP contribution in [0.5, 0.6) is 5.75 Å². The predicted octanol–water partition coefficient (Wildman–Crippen LogP) is 2.92. The Morgan fingerprint density at radius 2 is 1.93 bits per heavy atom. The van der Waals surface area contributed by atoms with E-state index in [-0.39, 0.29) is 11.8 Å². The van der Waals surface area contributed by atoms with E-state index >= 15 is 0 Å². The van der Waals surface area contributed by atoms with Crippen LogP contribution in [0.4, 0.5) is 0 Å². The number of benzene rings is 1. The van der Waals surface area contributed by atoms with Gasteiger partial charge in [0.25, 0.3) is 0 Å². The van der Waals surface area contributed by atoms with Crippen molar-refractivity contribution in [1.29, 1.82) is 0 Å². The molecule has 0 aliphatic heterocycles. The fraction of sp³-hybridized carbons (Fsp3) is 0.381. The molecular weight excluding hydrogens is 342 g/mol. The van der Waals surface area contributed by atoms with Crippen molar-refractivity contribution in [3.05, 3.63) is 59.9 Å². The molecule has 0 fully saturated rings. The van der Waals surface area contributed by atoms with Gasteiger partial charge in [0.15, 0.2) is 0 Å². The number of carbonyl (C=O) groups excluding carboxylic acids is 2. The predicted molar refractivity (Wildman–Crippen MR) is 104 cm³/mol. The van der Waals surface area contributed by atoms with Gasteiger partial charge >= 0.3 is 0 Å². The highest BCUT2D eigenvalue weighted by molar-refractivity contribution is 5.87. The number of carbonyl (C=O) groups is 2. The van der Waals surface area contributed by atoms with E-state index in [1.165, 1.54) is 0 Å². The maximum Gasteiger partial charge on any atom is 0.242 e. The number of pyridine rings is 1. The van der Waals surface area contributed by atoms with Gasteiger partial charge in [0, 0.05) is 19.2 Å². The molecule has 0 bridgehead atoms. The lowest BCUT2D eigenvalue weighted by atomic mass is 10.1. The Bertz CT molecular complexity index is 732. The zero-order valence-corrected chi connectivity index (χ0v) is 16.1. The fourth-order valence-corrected chi connectivity index (χ4v) is 2.70. The fourth-order valence-electron chi connectivity index (χ4n) is 2.70. The topological polar surface area (TPSA) is 71.5 Å². The van der Waals surface area contributed by atoms with E-state index in [9.17, 15) is 9.59 Å². The minimum atomic E-state index is -0.574. The molecule has 0 spiro atoms. The van der Waals surface area contributed by atoms with Crippen molar-refractivity contribution >= 4 is 11.8 Å². The molecule has 2 rings (SSSR count). The lowest BCUT2D eigenvalue weighted by Crippen LogP contribution is -2.47. The molecule has 1 aromatic heterocycles. The monoisotopic (exact) mass is 369 g/mol. The largest absolute Gasteiger partial charge is 0.497 e. The molecule has 0 aliphatic carbocycles. The number of ether oxygens (including phenoxy) is 1.